The van der Waals surface area contributed by atoms with Crippen LogP contribution in [-0.4, -0.2) is 46.9 Å². The largest absolute Gasteiger partial charge is 0.378 e. The quantitative estimate of drug-likeness (QED) is 0.885. The molecule has 3 heterocycles. The smallest absolute Gasteiger partial charge is 0.232 e. The molecule has 0 saturated carbocycles. The van der Waals surface area contributed by atoms with Crippen molar-refractivity contribution in [1.29, 1.82) is 0 Å². The van der Waals surface area contributed by atoms with Crippen molar-refractivity contribution >= 4 is 11.8 Å². The van der Waals surface area contributed by atoms with Crippen molar-refractivity contribution in [1.82, 2.24) is 15.5 Å². The van der Waals surface area contributed by atoms with E-state index in [1.807, 2.05) is 11.8 Å². The Kier molecular flexibility index (Phi) is 4.40. The standard InChI is InChI=1S/C13H21N3O2S/c1-2-14-11-8-19-7-10(11)13-15-12(16-18-13)6-9-4-3-5-17-9/h9-11,14H,2-8H2,1H3. The number of ether oxygens (including phenoxy) is 1. The highest BCUT2D eigenvalue weighted by molar-refractivity contribution is 7.99. The molecule has 2 aliphatic rings. The monoisotopic (exact) mass is 283 g/mol. The van der Waals surface area contributed by atoms with Crippen molar-refractivity contribution in [2.24, 2.45) is 0 Å². The van der Waals surface area contributed by atoms with E-state index in [9.17, 15) is 0 Å². The number of aromatic nitrogens is 2. The second kappa shape index (κ2) is 6.24. The molecule has 3 rings (SSSR count). The molecular formula is C13H21N3O2S. The van der Waals surface area contributed by atoms with E-state index in [2.05, 4.69) is 22.4 Å². The molecule has 3 atom stereocenters. The predicted octanol–water partition coefficient (Wildman–Crippen LogP) is 1.60. The van der Waals surface area contributed by atoms with E-state index in [0.717, 1.165) is 55.6 Å². The number of nitrogens with one attached hydrogen (secondary N) is 1. The molecule has 6 heteroatoms. The van der Waals surface area contributed by atoms with Crippen molar-refractivity contribution in [3.05, 3.63) is 11.7 Å². The summed E-state index contributed by atoms with van der Waals surface area (Å²) in [5, 5.41) is 7.62. The lowest BCUT2D eigenvalue weighted by molar-refractivity contribution is 0.109. The van der Waals surface area contributed by atoms with Crippen molar-refractivity contribution in [3.8, 4) is 0 Å². The first kappa shape index (κ1) is 13.4. The molecule has 0 aliphatic carbocycles. The third-order valence-electron chi connectivity index (χ3n) is 3.78. The lowest BCUT2D eigenvalue weighted by Crippen LogP contribution is -2.34. The molecule has 2 fully saturated rings. The molecule has 1 aromatic rings. The average Bonchev–Trinajstić information content (AvgIpc) is 3.11. The maximum Gasteiger partial charge on any atom is 0.232 e. The van der Waals surface area contributed by atoms with Crippen LogP contribution in [0.5, 0.6) is 0 Å². The van der Waals surface area contributed by atoms with Gasteiger partial charge in [0.25, 0.3) is 0 Å². The van der Waals surface area contributed by atoms with E-state index >= 15 is 0 Å². The van der Waals surface area contributed by atoms with E-state index in [4.69, 9.17) is 9.26 Å². The normalized spacial score (nSPS) is 31.1. The van der Waals surface area contributed by atoms with Crippen LogP contribution >= 0.6 is 11.8 Å². The summed E-state index contributed by atoms with van der Waals surface area (Å²) in [4.78, 5) is 4.58. The zero-order valence-corrected chi connectivity index (χ0v) is 12.1. The van der Waals surface area contributed by atoms with Gasteiger partial charge in [-0.05, 0) is 19.4 Å². The van der Waals surface area contributed by atoms with Crippen LogP contribution in [0.2, 0.25) is 0 Å². The summed E-state index contributed by atoms with van der Waals surface area (Å²) in [6.45, 7) is 3.99. The van der Waals surface area contributed by atoms with E-state index in [1.165, 1.54) is 0 Å². The summed E-state index contributed by atoms with van der Waals surface area (Å²) in [6, 6.07) is 0.464. The minimum absolute atomic E-state index is 0.285. The Labute approximate surface area is 117 Å². The van der Waals surface area contributed by atoms with Gasteiger partial charge in [0.2, 0.25) is 5.89 Å². The molecule has 2 aliphatic heterocycles. The summed E-state index contributed by atoms with van der Waals surface area (Å²) in [6.07, 6.45) is 3.34. The van der Waals surface area contributed by atoms with Gasteiger partial charge in [0.1, 0.15) is 0 Å². The lowest BCUT2D eigenvalue weighted by atomic mass is 10.0. The Hall–Kier alpha value is -0.590. The fourth-order valence-electron chi connectivity index (χ4n) is 2.77. The van der Waals surface area contributed by atoms with Gasteiger partial charge in [-0.15, -0.1) is 0 Å². The maximum absolute atomic E-state index is 5.61. The van der Waals surface area contributed by atoms with Crippen molar-refractivity contribution < 1.29 is 9.26 Å². The van der Waals surface area contributed by atoms with Gasteiger partial charge in [-0.3, -0.25) is 0 Å². The van der Waals surface area contributed by atoms with E-state index < -0.39 is 0 Å². The van der Waals surface area contributed by atoms with Crippen LogP contribution in [-0.2, 0) is 11.2 Å². The molecule has 0 spiro atoms. The fourth-order valence-corrected chi connectivity index (χ4v) is 4.14. The van der Waals surface area contributed by atoms with Crippen LogP contribution in [0.3, 0.4) is 0 Å². The summed E-state index contributed by atoms with van der Waals surface area (Å²) in [5.41, 5.74) is 0. The summed E-state index contributed by atoms with van der Waals surface area (Å²) < 4.78 is 11.1. The Morgan fingerprint density at radius 2 is 2.37 bits per heavy atom. The van der Waals surface area contributed by atoms with Crippen LogP contribution in [0.15, 0.2) is 4.52 Å². The number of nitrogens with zero attached hydrogens (tertiary/aromatic N) is 2. The average molecular weight is 283 g/mol. The number of hydrogen-bond donors (Lipinski definition) is 1. The third kappa shape index (κ3) is 3.12. The SMILES string of the molecule is CCNC1CSCC1c1nc(CC2CCCO2)no1. The van der Waals surface area contributed by atoms with Crippen LogP contribution in [0.25, 0.3) is 0 Å². The minimum Gasteiger partial charge on any atom is -0.378 e. The molecule has 2 saturated heterocycles. The van der Waals surface area contributed by atoms with Gasteiger partial charge in [0.05, 0.1) is 12.0 Å². The third-order valence-corrected chi connectivity index (χ3v) is 4.97. The van der Waals surface area contributed by atoms with E-state index in [0.29, 0.717) is 12.0 Å². The summed E-state index contributed by atoms with van der Waals surface area (Å²) >= 11 is 1.95. The summed E-state index contributed by atoms with van der Waals surface area (Å²) in [5.74, 6) is 4.15. The van der Waals surface area contributed by atoms with E-state index in [1.54, 1.807) is 0 Å². The van der Waals surface area contributed by atoms with Crippen LogP contribution < -0.4 is 5.32 Å². The Balaban J connectivity index is 1.63. The number of hydrogen-bond acceptors (Lipinski definition) is 6. The Morgan fingerprint density at radius 3 is 3.16 bits per heavy atom. The molecule has 1 N–H and O–H groups in total. The van der Waals surface area contributed by atoms with Gasteiger partial charge in [-0.2, -0.15) is 16.7 Å². The highest BCUT2D eigenvalue weighted by atomic mass is 32.2. The summed E-state index contributed by atoms with van der Waals surface area (Å²) in [7, 11) is 0. The zero-order chi connectivity index (χ0) is 13.1. The highest BCUT2D eigenvalue weighted by Gasteiger charge is 2.33. The van der Waals surface area contributed by atoms with Crippen molar-refractivity contribution in [3.63, 3.8) is 0 Å². The molecular weight excluding hydrogens is 262 g/mol. The number of rotatable bonds is 5. The first-order chi connectivity index (χ1) is 9.36. The van der Waals surface area contributed by atoms with E-state index in [-0.39, 0.29) is 6.10 Å². The maximum atomic E-state index is 5.61. The van der Waals surface area contributed by atoms with Crippen molar-refractivity contribution in [2.45, 2.75) is 44.2 Å². The predicted molar refractivity (Wildman–Crippen MR) is 74.5 cm³/mol. The van der Waals surface area contributed by atoms with Gasteiger partial charge in [-0.25, -0.2) is 0 Å². The zero-order valence-electron chi connectivity index (χ0n) is 11.3. The first-order valence-corrected chi connectivity index (χ1v) is 8.27. The highest BCUT2D eigenvalue weighted by Crippen LogP contribution is 2.32. The van der Waals surface area contributed by atoms with Gasteiger partial charge in [0.15, 0.2) is 5.82 Å². The van der Waals surface area contributed by atoms with Gasteiger partial charge < -0.3 is 14.6 Å². The molecule has 1 aromatic heterocycles. The van der Waals surface area contributed by atoms with Crippen LogP contribution in [0.1, 0.15) is 37.4 Å². The lowest BCUT2D eigenvalue weighted by Gasteiger charge is -2.15. The van der Waals surface area contributed by atoms with Crippen LogP contribution in [0.4, 0.5) is 0 Å². The number of thioether (sulfide) groups is 1. The topological polar surface area (TPSA) is 60.2 Å². The molecule has 106 valence electrons. The van der Waals surface area contributed by atoms with Gasteiger partial charge >= 0.3 is 0 Å². The van der Waals surface area contributed by atoms with Gasteiger partial charge in [-0.1, -0.05) is 12.1 Å². The Bertz CT molecular complexity index is 406. The van der Waals surface area contributed by atoms with Crippen LogP contribution in [0, 0.1) is 0 Å². The Morgan fingerprint density at radius 1 is 1.42 bits per heavy atom. The van der Waals surface area contributed by atoms with Gasteiger partial charge in [0, 0.05) is 30.6 Å². The molecule has 3 unspecified atom stereocenters. The number of likely N-dealkylation sites (N-methyl/N-ethyl adjacent to an activating group) is 1. The second-order valence-corrected chi connectivity index (χ2v) is 6.27. The second-order valence-electron chi connectivity index (χ2n) is 5.20. The molecule has 19 heavy (non-hydrogen) atoms. The molecule has 5 nitrogen and oxygen atoms in total. The molecule has 0 bridgehead atoms. The minimum atomic E-state index is 0.285. The molecule has 0 amide bonds. The fraction of sp³-hybridized carbons (Fsp3) is 0.846. The molecule has 0 aromatic carbocycles. The molecule has 0 radical (unpaired) electrons. The first-order valence-electron chi connectivity index (χ1n) is 7.12. The van der Waals surface area contributed by atoms with Crippen molar-refractivity contribution in [2.75, 3.05) is 24.7 Å².